The van der Waals surface area contributed by atoms with Crippen LogP contribution in [-0.4, -0.2) is 49.1 Å². The lowest BCUT2D eigenvalue weighted by atomic mass is 10.1. The van der Waals surface area contributed by atoms with Gasteiger partial charge in [0.1, 0.15) is 5.75 Å². The number of carbonyl (C=O) groups excluding carboxylic acids is 2. The summed E-state index contributed by atoms with van der Waals surface area (Å²) in [5, 5.41) is 2.38. The highest BCUT2D eigenvalue weighted by Gasteiger charge is 2.33. The van der Waals surface area contributed by atoms with Crippen LogP contribution in [0.5, 0.6) is 5.75 Å². The van der Waals surface area contributed by atoms with Gasteiger partial charge in [0.2, 0.25) is 0 Å². The summed E-state index contributed by atoms with van der Waals surface area (Å²) in [5.41, 5.74) is -1.29. The van der Waals surface area contributed by atoms with Gasteiger partial charge in [0.05, 0.1) is 11.7 Å². The molecular weight excluding hydrogens is 413 g/mol. The first-order valence-electron chi connectivity index (χ1n) is 9.87. The van der Waals surface area contributed by atoms with Gasteiger partial charge in [-0.15, -0.1) is 0 Å². The number of amides is 2. The van der Waals surface area contributed by atoms with Crippen molar-refractivity contribution in [3.8, 4) is 5.75 Å². The molecular formula is C22H23F3N2O4. The fourth-order valence-corrected chi connectivity index (χ4v) is 3.32. The Balaban J connectivity index is 1.74. The summed E-state index contributed by atoms with van der Waals surface area (Å²) >= 11 is 0. The quantitative estimate of drug-likeness (QED) is 0.713. The maximum Gasteiger partial charge on any atom is 0.416 e. The lowest BCUT2D eigenvalue weighted by Crippen LogP contribution is -2.30. The van der Waals surface area contributed by atoms with E-state index in [-0.39, 0.29) is 24.0 Å². The number of anilines is 1. The van der Waals surface area contributed by atoms with Gasteiger partial charge < -0.3 is 19.7 Å². The number of hydrogen-bond acceptors (Lipinski definition) is 4. The largest absolute Gasteiger partial charge is 0.484 e. The molecule has 1 aliphatic heterocycles. The first-order chi connectivity index (χ1) is 14.8. The second kappa shape index (κ2) is 9.82. The van der Waals surface area contributed by atoms with Crippen molar-refractivity contribution in [2.45, 2.75) is 25.6 Å². The topological polar surface area (TPSA) is 67.9 Å². The van der Waals surface area contributed by atoms with Gasteiger partial charge in [-0.25, -0.2) is 0 Å². The number of nitrogens with one attached hydrogen (secondary N) is 1. The normalized spacial score (nSPS) is 16.3. The Kier molecular flexibility index (Phi) is 7.17. The van der Waals surface area contributed by atoms with Gasteiger partial charge in [-0.05, 0) is 43.7 Å². The number of rotatable bonds is 7. The Hall–Kier alpha value is -3.07. The molecule has 6 nitrogen and oxygen atoms in total. The van der Waals surface area contributed by atoms with Crippen molar-refractivity contribution in [3.63, 3.8) is 0 Å². The summed E-state index contributed by atoms with van der Waals surface area (Å²) in [6, 6.07) is 11.4. The molecule has 2 aromatic rings. The second-order valence-corrected chi connectivity index (χ2v) is 7.06. The van der Waals surface area contributed by atoms with Crippen LogP contribution in [0.1, 0.15) is 29.3 Å². The molecule has 31 heavy (non-hydrogen) atoms. The first-order valence-corrected chi connectivity index (χ1v) is 9.87. The van der Waals surface area contributed by atoms with Gasteiger partial charge >= 0.3 is 6.18 Å². The predicted octanol–water partition coefficient (Wildman–Crippen LogP) is 3.97. The van der Waals surface area contributed by atoms with E-state index in [9.17, 15) is 22.8 Å². The Bertz CT molecular complexity index is 919. The Morgan fingerprint density at radius 2 is 1.90 bits per heavy atom. The van der Waals surface area contributed by atoms with Crippen LogP contribution in [0.15, 0.2) is 48.5 Å². The van der Waals surface area contributed by atoms with Crippen molar-refractivity contribution < 1.29 is 32.2 Å². The summed E-state index contributed by atoms with van der Waals surface area (Å²) in [6.07, 6.45) is -4.18. The molecule has 0 radical (unpaired) electrons. The maximum absolute atomic E-state index is 13.4. The molecule has 0 aliphatic carbocycles. The standard InChI is InChI=1S/C22H23F3N2O4/c1-2-30-19-8-9-27(13-19)21(29)15-10-16(22(23,24)25)12-17(11-15)26-20(28)14-31-18-6-4-3-5-7-18/h3-7,10-12,19H,2,8-9,13-14H2,1H3,(H,26,28). The highest BCUT2D eigenvalue weighted by atomic mass is 19.4. The minimum Gasteiger partial charge on any atom is -0.484 e. The van der Waals surface area contributed by atoms with Crippen LogP contribution in [0.2, 0.25) is 0 Å². The summed E-state index contributed by atoms with van der Waals surface area (Å²) < 4.78 is 50.9. The number of halogens is 3. The second-order valence-electron chi connectivity index (χ2n) is 7.06. The van der Waals surface area contributed by atoms with Gasteiger partial charge in [0, 0.05) is 30.9 Å². The fourth-order valence-electron chi connectivity index (χ4n) is 3.32. The molecule has 1 unspecified atom stereocenters. The van der Waals surface area contributed by atoms with E-state index in [2.05, 4.69) is 5.32 Å². The van der Waals surface area contributed by atoms with Gasteiger partial charge in [0.25, 0.3) is 11.8 Å². The lowest BCUT2D eigenvalue weighted by Gasteiger charge is -2.19. The number of ether oxygens (including phenoxy) is 2. The van der Waals surface area contributed by atoms with Crippen LogP contribution in [0.4, 0.5) is 18.9 Å². The zero-order chi connectivity index (χ0) is 22.4. The summed E-state index contributed by atoms with van der Waals surface area (Å²) in [7, 11) is 0. The molecule has 1 fully saturated rings. The molecule has 166 valence electrons. The van der Waals surface area contributed by atoms with Crippen molar-refractivity contribution in [1.29, 1.82) is 0 Å². The smallest absolute Gasteiger partial charge is 0.416 e. The molecule has 1 heterocycles. The molecule has 1 saturated heterocycles. The van der Waals surface area contributed by atoms with Crippen molar-refractivity contribution in [2.75, 3.05) is 31.6 Å². The molecule has 0 spiro atoms. The van der Waals surface area contributed by atoms with Crippen LogP contribution >= 0.6 is 0 Å². The number of likely N-dealkylation sites (tertiary alicyclic amines) is 1. The zero-order valence-electron chi connectivity index (χ0n) is 16.9. The molecule has 0 bridgehead atoms. The van der Waals surface area contributed by atoms with E-state index in [0.717, 1.165) is 12.1 Å². The van der Waals surface area contributed by atoms with E-state index >= 15 is 0 Å². The van der Waals surface area contributed by atoms with Gasteiger partial charge in [-0.1, -0.05) is 18.2 Å². The first kappa shape index (κ1) is 22.6. The van der Waals surface area contributed by atoms with E-state index in [4.69, 9.17) is 9.47 Å². The van der Waals surface area contributed by atoms with Crippen molar-refractivity contribution in [3.05, 3.63) is 59.7 Å². The van der Waals surface area contributed by atoms with Crippen LogP contribution in [0, 0.1) is 0 Å². The van der Waals surface area contributed by atoms with Gasteiger partial charge in [-0.3, -0.25) is 9.59 Å². The third-order valence-corrected chi connectivity index (χ3v) is 4.74. The number of para-hydroxylation sites is 1. The maximum atomic E-state index is 13.4. The minimum atomic E-state index is -4.67. The summed E-state index contributed by atoms with van der Waals surface area (Å²) in [6.45, 7) is 2.67. The third-order valence-electron chi connectivity index (χ3n) is 4.74. The Morgan fingerprint density at radius 3 is 2.58 bits per heavy atom. The Morgan fingerprint density at radius 1 is 1.16 bits per heavy atom. The average molecular weight is 436 g/mol. The van der Waals surface area contributed by atoms with Gasteiger partial charge in [0.15, 0.2) is 6.61 Å². The number of hydrogen-bond donors (Lipinski definition) is 1. The molecule has 2 amide bonds. The van der Waals surface area contributed by atoms with Crippen molar-refractivity contribution in [2.24, 2.45) is 0 Å². The van der Waals surface area contributed by atoms with Crippen molar-refractivity contribution in [1.82, 2.24) is 4.90 Å². The number of nitrogens with zero attached hydrogens (tertiary/aromatic N) is 1. The predicted molar refractivity (Wildman–Crippen MR) is 108 cm³/mol. The van der Waals surface area contributed by atoms with E-state index < -0.39 is 23.6 Å². The molecule has 0 aromatic heterocycles. The molecule has 0 saturated carbocycles. The number of carbonyl (C=O) groups is 2. The molecule has 1 aliphatic rings. The molecule has 1 atom stereocenters. The number of alkyl halides is 3. The van der Waals surface area contributed by atoms with Crippen molar-refractivity contribution >= 4 is 17.5 Å². The SMILES string of the molecule is CCOC1CCN(C(=O)c2cc(NC(=O)COc3ccccc3)cc(C(F)(F)F)c2)C1. The van der Waals surface area contributed by atoms with Crippen LogP contribution < -0.4 is 10.1 Å². The highest BCUT2D eigenvalue weighted by Crippen LogP contribution is 2.32. The summed E-state index contributed by atoms with van der Waals surface area (Å²) in [4.78, 5) is 26.4. The van der Waals surface area contributed by atoms with E-state index in [0.29, 0.717) is 31.9 Å². The lowest BCUT2D eigenvalue weighted by molar-refractivity contribution is -0.137. The molecule has 9 heteroatoms. The molecule has 2 aromatic carbocycles. The number of benzene rings is 2. The van der Waals surface area contributed by atoms with Gasteiger partial charge in [-0.2, -0.15) is 13.2 Å². The fraction of sp³-hybridized carbons (Fsp3) is 0.364. The van der Waals surface area contributed by atoms with Crippen LogP contribution in [0.25, 0.3) is 0 Å². The average Bonchev–Trinajstić information content (AvgIpc) is 3.20. The summed E-state index contributed by atoms with van der Waals surface area (Å²) in [5.74, 6) is -0.723. The van der Waals surface area contributed by atoms with E-state index in [1.807, 2.05) is 6.92 Å². The van der Waals surface area contributed by atoms with E-state index in [1.54, 1.807) is 30.3 Å². The zero-order valence-corrected chi connectivity index (χ0v) is 16.9. The van der Waals surface area contributed by atoms with Crippen LogP contribution in [0.3, 0.4) is 0 Å². The van der Waals surface area contributed by atoms with E-state index in [1.165, 1.54) is 11.0 Å². The Labute approximate surface area is 177 Å². The minimum absolute atomic E-state index is 0.125. The monoisotopic (exact) mass is 436 g/mol. The molecule has 3 rings (SSSR count). The third kappa shape index (κ3) is 6.21. The highest BCUT2D eigenvalue weighted by molar-refractivity contribution is 5.98. The molecule has 1 N–H and O–H groups in total. The van der Waals surface area contributed by atoms with Crippen LogP contribution in [-0.2, 0) is 15.7 Å².